The standard InChI is InChI=1S/C9H11OP.C9H11P.C6H5Cl2P/c1-3-11(2,10)9-7-5-4-6-8-9;1-3-10(2)9-7-5-4-6-8-9;7-9(8)6-4-2-1-3-5-6/h3-8H,1H2,2H3;3-8H,1H2,2H3;1-5H. The van der Waals surface area contributed by atoms with Gasteiger partial charge in [-0.3, -0.25) is 0 Å². The van der Waals surface area contributed by atoms with Gasteiger partial charge in [-0.2, -0.15) is 0 Å². The lowest BCUT2D eigenvalue weighted by Gasteiger charge is -2.05. The van der Waals surface area contributed by atoms with Gasteiger partial charge >= 0.3 is 0 Å². The fraction of sp³-hybridized carbons (Fsp3) is 0.0833. The lowest BCUT2D eigenvalue weighted by atomic mass is 10.4. The van der Waals surface area contributed by atoms with Crippen LogP contribution in [0.15, 0.2) is 116 Å². The highest BCUT2D eigenvalue weighted by molar-refractivity contribution is 8.08. The fourth-order valence-corrected chi connectivity index (χ4v) is 5.04. The predicted molar refractivity (Wildman–Crippen MR) is 144 cm³/mol. The van der Waals surface area contributed by atoms with E-state index < -0.39 is 13.8 Å². The van der Waals surface area contributed by atoms with Gasteiger partial charge in [0.25, 0.3) is 0 Å². The van der Waals surface area contributed by atoms with E-state index in [4.69, 9.17) is 22.5 Å². The highest BCUT2D eigenvalue weighted by atomic mass is 35.9. The summed E-state index contributed by atoms with van der Waals surface area (Å²) in [6, 6.07) is 29.5. The Morgan fingerprint density at radius 3 is 1.50 bits per heavy atom. The molecule has 158 valence electrons. The summed E-state index contributed by atoms with van der Waals surface area (Å²) in [6.45, 7) is 10.3. The maximum absolute atomic E-state index is 11.7. The molecule has 0 aliphatic carbocycles. The van der Waals surface area contributed by atoms with Crippen molar-refractivity contribution >= 4 is 60.1 Å². The van der Waals surface area contributed by atoms with Gasteiger partial charge in [0.2, 0.25) is 0 Å². The summed E-state index contributed by atoms with van der Waals surface area (Å²) in [5.41, 5.74) is 0. The Labute approximate surface area is 193 Å². The smallest absolute Gasteiger partial charge is 0.132 e. The van der Waals surface area contributed by atoms with Gasteiger partial charge in [-0.1, -0.05) is 140 Å². The van der Waals surface area contributed by atoms with Crippen LogP contribution in [0.25, 0.3) is 0 Å². The van der Waals surface area contributed by atoms with E-state index in [1.807, 2.05) is 72.5 Å². The van der Waals surface area contributed by atoms with E-state index >= 15 is 0 Å². The molecule has 0 saturated carbocycles. The molecule has 0 bridgehead atoms. The van der Waals surface area contributed by atoms with Crippen LogP contribution in [0.1, 0.15) is 0 Å². The Hall–Kier alpha value is -1.19. The first-order valence-corrected chi connectivity index (χ1v) is 16.4. The minimum Gasteiger partial charge on any atom is -0.315 e. The van der Waals surface area contributed by atoms with Crippen molar-refractivity contribution in [2.45, 2.75) is 0 Å². The van der Waals surface area contributed by atoms with Gasteiger partial charge in [-0.25, -0.2) is 0 Å². The second-order valence-corrected chi connectivity index (χ2v) is 14.7. The van der Waals surface area contributed by atoms with Crippen LogP contribution in [0, 0.1) is 0 Å². The average molecular weight is 495 g/mol. The average Bonchev–Trinajstić information content (AvgIpc) is 2.81. The zero-order valence-electron chi connectivity index (χ0n) is 17.2. The first kappa shape index (κ1) is 26.8. The van der Waals surface area contributed by atoms with E-state index in [0.29, 0.717) is 0 Å². The highest BCUT2D eigenvalue weighted by Crippen LogP contribution is 2.44. The second kappa shape index (κ2) is 14.8. The number of hydrogen-bond donors (Lipinski definition) is 0. The fourth-order valence-electron chi connectivity index (χ4n) is 2.14. The third kappa shape index (κ3) is 10.2. The molecule has 3 aromatic carbocycles. The lowest BCUT2D eigenvalue weighted by Crippen LogP contribution is -1.99. The zero-order chi connectivity index (χ0) is 22.4. The van der Waals surface area contributed by atoms with Crippen LogP contribution in [0.2, 0.25) is 0 Å². The third-order valence-electron chi connectivity index (χ3n) is 4.01. The van der Waals surface area contributed by atoms with Crippen LogP contribution >= 0.6 is 44.2 Å². The van der Waals surface area contributed by atoms with Crippen molar-refractivity contribution < 1.29 is 4.57 Å². The summed E-state index contributed by atoms with van der Waals surface area (Å²) < 4.78 is 11.7. The molecule has 6 heteroatoms. The summed E-state index contributed by atoms with van der Waals surface area (Å²) in [4.78, 5) is 0. The molecular weight excluding hydrogens is 468 g/mol. The van der Waals surface area contributed by atoms with Crippen molar-refractivity contribution in [3.8, 4) is 0 Å². The van der Waals surface area contributed by atoms with Crippen molar-refractivity contribution in [3.63, 3.8) is 0 Å². The van der Waals surface area contributed by atoms with Crippen LogP contribution in [0.4, 0.5) is 0 Å². The summed E-state index contributed by atoms with van der Waals surface area (Å²) in [5.74, 6) is 3.55. The maximum atomic E-state index is 11.7. The molecule has 0 fully saturated rings. The Balaban J connectivity index is 0.000000226. The molecule has 0 spiro atoms. The van der Waals surface area contributed by atoms with Crippen molar-refractivity contribution in [1.29, 1.82) is 0 Å². The Morgan fingerprint density at radius 2 is 1.17 bits per heavy atom. The molecular formula is C24H27Cl2OP3. The zero-order valence-corrected chi connectivity index (χ0v) is 21.4. The molecule has 3 rings (SSSR count). The topological polar surface area (TPSA) is 17.1 Å². The first-order valence-electron chi connectivity index (χ1n) is 9.15. The molecule has 3 aromatic rings. The number of rotatable bonds is 5. The molecule has 0 heterocycles. The molecule has 2 unspecified atom stereocenters. The number of halogens is 2. The molecule has 0 aliphatic rings. The number of benzene rings is 3. The van der Waals surface area contributed by atoms with Crippen LogP contribution in [0.5, 0.6) is 0 Å². The van der Waals surface area contributed by atoms with Crippen molar-refractivity contribution in [1.82, 2.24) is 0 Å². The van der Waals surface area contributed by atoms with Gasteiger partial charge in [0, 0.05) is 10.6 Å². The normalized spacial score (nSPS) is 12.8. The second-order valence-electron chi connectivity index (χ2n) is 6.21. The summed E-state index contributed by atoms with van der Waals surface area (Å²) in [7, 11) is -2.37. The quantitative estimate of drug-likeness (QED) is 0.327. The molecule has 2 atom stereocenters. The monoisotopic (exact) mass is 494 g/mol. The molecule has 30 heavy (non-hydrogen) atoms. The third-order valence-corrected chi connectivity index (χ3v) is 9.55. The van der Waals surface area contributed by atoms with Crippen LogP contribution < -0.4 is 15.9 Å². The van der Waals surface area contributed by atoms with Crippen LogP contribution in [0.3, 0.4) is 0 Å². The van der Waals surface area contributed by atoms with E-state index in [2.05, 4.69) is 44.1 Å². The van der Waals surface area contributed by atoms with Gasteiger partial charge in [-0.15, -0.1) is 0 Å². The predicted octanol–water partition coefficient (Wildman–Crippen LogP) is 8.12. The van der Waals surface area contributed by atoms with Crippen LogP contribution in [-0.2, 0) is 4.57 Å². The minimum atomic E-state index is -2.26. The SMILES string of the molecule is C=CP(C)(=O)c1ccccc1.C=CP(C)c1ccccc1.ClP(Cl)c1ccccc1. The van der Waals surface area contributed by atoms with Crippen LogP contribution in [-0.4, -0.2) is 13.3 Å². The largest absolute Gasteiger partial charge is 0.315 e. The first-order chi connectivity index (χ1) is 14.3. The Morgan fingerprint density at radius 1 is 0.767 bits per heavy atom. The molecule has 0 amide bonds. The minimum absolute atomic E-state index is 0.110. The lowest BCUT2D eigenvalue weighted by molar-refractivity contribution is 0.590. The van der Waals surface area contributed by atoms with Crippen molar-refractivity contribution in [2.75, 3.05) is 13.3 Å². The van der Waals surface area contributed by atoms with Gasteiger partial charge in [0.15, 0.2) is 0 Å². The molecule has 0 aromatic heterocycles. The molecule has 0 radical (unpaired) electrons. The van der Waals surface area contributed by atoms with E-state index in [1.165, 1.54) is 11.1 Å². The highest BCUT2D eigenvalue weighted by Gasteiger charge is 2.11. The molecule has 0 N–H and O–H groups in total. The van der Waals surface area contributed by atoms with Gasteiger partial charge in [-0.05, 0) is 24.5 Å². The maximum Gasteiger partial charge on any atom is 0.132 e. The number of hydrogen-bond acceptors (Lipinski definition) is 1. The Kier molecular flexibility index (Phi) is 13.2. The summed E-state index contributed by atoms with van der Waals surface area (Å²) >= 11 is 11.3. The van der Waals surface area contributed by atoms with E-state index in [1.54, 1.807) is 6.66 Å². The van der Waals surface area contributed by atoms with E-state index in [-0.39, 0.29) is 7.92 Å². The van der Waals surface area contributed by atoms with Gasteiger partial charge in [0.1, 0.15) is 13.8 Å². The molecule has 0 aliphatic heterocycles. The van der Waals surface area contributed by atoms with Gasteiger partial charge < -0.3 is 4.57 Å². The van der Waals surface area contributed by atoms with Crippen molar-refractivity contribution in [2.24, 2.45) is 0 Å². The summed E-state index contributed by atoms with van der Waals surface area (Å²) in [6.07, 6.45) is 0. The van der Waals surface area contributed by atoms with E-state index in [0.717, 1.165) is 10.6 Å². The molecule has 0 saturated heterocycles. The van der Waals surface area contributed by atoms with E-state index in [9.17, 15) is 4.57 Å². The Bertz CT molecular complexity index is 917. The van der Waals surface area contributed by atoms with Crippen molar-refractivity contribution in [3.05, 3.63) is 116 Å². The van der Waals surface area contributed by atoms with Gasteiger partial charge in [0.05, 0.1) is 0 Å². The molecule has 1 nitrogen and oxygen atoms in total. The summed E-state index contributed by atoms with van der Waals surface area (Å²) in [5, 5.41) is 3.28.